The van der Waals surface area contributed by atoms with Gasteiger partial charge in [0.25, 0.3) is 5.91 Å². The molecule has 0 aliphatic carbocycles. The zero-order chi connectivity index (χ0) is 19.8. The van der Waals surface area contributed by atoms with Gasteiger partial charge in [0.2, 0.25) is 0 Å². The topological polar surface area (TPSA) is 38.3 Å². The highest BCUT2D eigenvalue weighted by atomic mass is 16.5. The van der Waals surface area contributed by atoms with Crippen LogP contribution in [-0.4, -0.2) is 18.6 Å². The molecule has 2 aromatic carbocycles. The lowest BCUT2D eigenvalue weighted by Gasteiger charge is -2.18. The lowest BCUT2D eigenvalue weighted by atomic mass is 10.0. The van der Waals surface area contributed by atoms with E-state index >= 15 is 0 Å². The van der Waals surface area contributed by atoms with Gasteiger partial charge in [-0.05, 0) is 73.4 Å². The van der Waals surface area contributed by atoms with Crippen molar-refractivity contribution in [1.82, 2.24) is 5.32 Å². The van der Waals surface area contributed by atoms with Crippen molar-refractivity contribution in [2.75, 3.05) is 6.54 Å². The number of amides is 1. The Hall–Kier alpha value is -2.29. The van der Waals surface area contributed by atoms with Crippen molar-refractivity contribution in [3.05, 3.63) is 64.7 Å². The van der Waals surface area contributed by atoms with Crippen molar-refractivity contribution in [1.29, 1.82) is 0 Å². The molecule has 1 N–H and O–H groups in total. The Morgan fingerprint density at radius 1 is 1.04 bits per heavy atom. The molecule has 1 unspecified atom stereocenters. The first-order valence-electron chi connectivity index (χ1n) is 10.0. The number of benzene rings is 2. The van der Waals surface area contributed by atoms with Gasteiger partial charge >= 0.3 is 0 Å². The summed E-state index contributed by atoms with van der Waals surface area (Å²) in [5, 5.41) is 3.02. The van der Waals surface area contributed by atoms with Crippen LogP contribution in [0.3, 0.4) is 0 Å². The number of ether oxygens (including phenoxy) is 1. The van der Waals surface area contributed by atoms with E-state index in [9.17, 15) is 4.79 Å². The average Bonchev–Trinajstić information content (AvgIpc) is 2.66. The van der Waals surface area contributed by atoms with Gasteiger partial charge in [-0.2, -0.15) is 0 Å². The van der Waals surface area contributed by atoms with Crippen LogP contribution in [0.25, 0.3) is 0 Å². The van der Waals surface area contributed by atoms with Crippen LogP contribution in [0.5, 0.6) is 5.75 Å². The SMILES string of the molecule is CCC(Oc1ccc(C)c(C)c1)C(=O)NCCCc1ccc(C(C)C)cc1. The van der Waals surface area contributed by atoms with Crippen molar-refractivity contribution in [3.63, 3.8) is 0 Å². The van der Waals surface area contributed by atoms with Crippen molar-refractivity contribution in [2.24, 2.45) is 0 Å². The molecule has 3 nitrogen and oxygen atoms in total. The highest BCUT2D eigenvalue weighted by molar-refractivity contribution is 5.81. The summed E-state index contributed by atoms with van der Waals surface area (Å²) in [5.41, 5.74) is 5.07. The van der Waals surface area contributed by atoms with Gasteiger partial charge in [0.1, 0.15) is 5.75 Å². The van der Waals surface area contributed by atoms with E-state index in [-0.39, 0.29) is 5.91 Å². The third-order valence-corrected chi connectivity index (χ3v) is 5.01. The molecule has 0 aliphatic heterocycles. The maximum Gasteiger partial charge on any atom is 0.261 e. The van der Waals surface area contributed by atoms with E-state index in [1.165, 1.54) is 22.3 Å². The highest BCUT2D eigenvalue weighted by Crippen LogP contribution is 2.19. The van der Waals surface area contributed by atoms with E-state index in [0.29, 0.717) is 18.9 Å². The van der Waals surface area contributed by atoms with Crippen molar-refractivity contribution in [3.8, 4) is 5.75 Å². The summed E-state index contributed by atoms with van der Waals surface area (Å²) in [6, 6.07) is 14.7. The first kappa shape index (κ1) is 21.0. The quantitative estimate of drug-likeness (QED) is 0.608. The first-order valence-corrected chi connectivity index (χ1v) is 10.0. The summed E-state index contributed by atoms with van der Waals surface area (Å²) in [5.74, 6) is 1.28. The van der Waals surface area contributed by atoms with E-state index in [1.54, 1.807) is 0 Å². The maximum atomic E-state index is 12.4. The van der Waals surface area contributed by atoms with Crippen LogP contribution in [0.1, 0.15) is 61.8 Å². The third kappa shape index (κ3) is 6.42. The summed E-state index contributed by atoms with van der Waals surface area (Å²) in [4.78, 5) is 12.4. The minimum absolute atomic E-state index is 0.0362. The Morgan fingerprint density at radius 3 is 2.33 bits per heavy atom. The molecule has 0 bridgehead atoms. The monoisotopic (exact) mass is 367 g/mol. The van der Waals surface area contributed by atoms with Crippen LogP contribution >= 0.6 is 0 Å². The standard InChI is InChI=1S/C24H33NO2/c1-6-23(27-22-14-9-18(4)19(5)16-22)24(26)25-15-7-8-20-10-12-21(13-11-20)17(2)3/h9-14,16-17,23H,6-8,15H2,1-5H3,(H,25,26). The fourth-order valence-electron chi connectivity index (χ4n) is 2.96. The van der Waals surface area contributed by atoms with Gasteiger partial charge in [0.05, 0.1) is 0 Å². The summed E-state index contributed by atoms with van der Waals surface area (Å²) >= 11 is 0. The van der Waals surface area contributed by atoms with Crippen LogP contribution in [0.15, 0.2) is 42.5 Å². The van der Waals surface area contributed by atoms with Gasteiger partial charge in [0, 0.05) is 6.54 Å². The lowest BCUT2D eigenvalue weighted by Crippen LogP contribution is -2.38. The van der Waals surface area contributed by atoms with Crippen molar-refractivity contribution in [2.45, 2.75) is 65.9 Å². The number of carbonyl (C=O) groups excluding carboxylic acids is 1. The van der Waals surface area contributed by atoms with E-state index in [2.05, 4.69) is 57.3 Å². The zero-order valence-electron chi connectivity index (χ0n) is 17.3. The molecule has 0 radical (unpaired) electrons. The lowest BCUT2D eigenvalue weighted by molar-refractivity contribution is -0.128. The second-order valence-electron chi connectivity index (χ2n) is 7.55. The van der Waals surface area contributed by atoms with Crippen molar-refractivity contribution < 1.29 is 9.53 Å². The van der Waals surface area contributed by atoms with Crippen LogP contribution in [0.4, 0.5) is 0 Å². The first-order chi connectivity index (χ1) is 12.9. The fourth-order valence-corrected chi connectivity index (χ4v) is 2.96. The number of rotatable bonds is 9. The molecule has 0 saturated carbocycles. The average molecular weight is 368 g/mol. The van der Waals surface area contributed by atoms with Crippen LogP contribution in [0, 0.1) is 13.8 Å². The molecule has 0 heterocycles. The molecule has 0 fully saturated rings. The van der Waals surface area contributed by atoms with Gasteiger partial charge in [0.15, 0.2) is 6.10 Å². The molecular weight excluding hydrogens is 334 g/mol. The molecule has 146 valence electrons. The molecular formula is C24H33NO2. The molecule has 2 rings (SSSR count). The molecule has 27 heavy (non-hydrogen) atoms. The van der Waals surface area contributed by atoms with E-state index < -0.39 is 6.10 Å². The second-order valence-corrected chi connectivity index (χ2v) is 7.55. The van der Waals surface area contributed by atoms with E-state index in [0.717, 1.165) is 18.6 Å². The molecule has 1 amide bonds. The number of nitrogens with one attached hydrogen (secondary N) is 1. The van der Waals surface area contributed by atoms with Gasteiger partial charge in [-0.3, -0.25) is 4.79 Å². The van der Waals surface area contributed by atoms with Crippen LogP contribution in [0.2, 0.25) is 0 Å². The van der Waals surface area contributed by atoms with Gasteiger partial charge in [-0.15, -0.1) is 0 Å². The molecule has 0 aliphatic rings. The largest absolute Gasteiger partial charge is 0.481 e. The Balaban J connectivity index is 1.78. The van der Waals surface area contributed by atoms with E-state index in [1.807, 2.05) is 25.1 Å². The number of carbonyl (C=O) groups is 1. The summed E-state index contributed by atoms with van der Waals surface area (Å²) < 4.78 is 5.90. The Kier molecular flexibility index (Phi) is 7.90. The second kappa shape index (κ2) is 10.1. The highest BCUT2D eigenvalue weighted by Gasteiger charge is 2.18. The molecule has 2 aromatic rings. The van der Waals surface area contributed by atoms with Gasteiger partial charge < -0.3 is 10.1 Å². The normalized spacial score (nSPS) is 12.1. The minimum Gasteiger partial charge on any atom is -0.481 e. The minimum atomic E-state index is -0.447. The molecule has 0 aromatic heterocycles. The summed E-state index contributed by atoms with van der Waals surface area (Å²) in [7, 11) is 0. The predicted octanol–water partition coefficient (Wildman–Crippen LogP) is 5.33. The smallest absolute Gasteiger partial charge is 0.261 e. The van der Waals surface area contributed by atoms with Gasteiger partial charge in [-0.25, -0.2) is 0 Å². The summed E-state index contributed by atoms with van der Waals surface area (Å²) in [6.07, 6.45) is 2.09. The van der Waals surface area contributed by atoms with Crippen LogP contribution in [-0.2, 0) is 11.2 Å². The van der Waals surface area contributed by atoms with Crippen LogP contribution < -0.4 is 10.1 Å². The number of hydrogen-bond donors (Lipinski definition) is 1. The number of hydrogen-bond acceptors (Lipinski definition) is 2. The maximum absolute atomic E-state index is 12.4. The molecule has 1 atom stereocenters. The van der Waals surface area contributed by atoms with Crippen molar-refractivity contribution >= 4 is 5.91 Å². The zero-order valence-corrected chi connectivity index (χ0v) is 17.3. The Morgan fingerprint density at radius 2 is 1.74 bits per heavy atom. The molecule has 0 saturated heterocycles. The number of aryl methyl sites for hydroxylation is 3. The van der Waals surface area contributed by atoms with E-state index in [4.69, 9.17) is 4.74 Å². The molecule has 3 heteroatoms. The Bertz CT molecular complexity index is 735. The third-order valence-electron chi connectivity index (χ3n) is 5.01. The predicted molar refractivity (Wildman–Crippen MR) is 112 cm³/mol. The Labute approximate surface area is 164 Å². The molecule has 0 spiro atoms. The summed E-state index contributed by atoms with van der Waals surface area (Å²) in [6.45, 7) is 11.2. The fraction of sp³-hybridized carbons (Fsp3) is 0.458. The van der Waals surface area contributed by atoms with Gasteiger partial charge in [-0.1, -0.05) is 51.1 Å².